The molecular formula is C19H20N2O4. The van der Waals surface area contributed by atoms with Crippen molar-refractivity contribution in [1.82, 2.24) is 4.90 Å². The Labute approximate surface area is 146 Å². The molecule has 1 aromatic carbocycles. The molecule has 130 valence electrons. The number of furan rings is 1. The first kappa shape index (κ1) is 17.2. The zero-order chi connectivity index (χ0) is 17.6. The van der Waals surface area contributed by atoms with E-state index in [0.29, 0.717) is 43.3 Å². The molecule has 0 amide bonds. The second-order valence-corrected chi connectivity index (χ2v) is 5.94. The summed E-state index contributed by atoms with van der Waals surface area (Å²) in [4.78, 5) is 14.6. The van der Waals surface area contributed by atoms with E-state index in [1.54, 1.807) is 31.4 Å². The second kappa shape index (κ2) is 7.97. The lowest BCUT2D eigenvalue weighted by Gasteiger charge is -2.35. The Morgan fingerprint density at radius 1 is 1.44 bits per heavy atom. The Kier molecular flexibility index (Phi) is 5.49. The summed E-state index contributed by atoms with van der Waals surface area (Å²) in [5, 5.41) is 9.02. The molecule has 1 saturated heterocycles. The topological polar surface area (TPSA) is 75.7 Å². The highest BCUT2D eigenvalue weighted by Crippen LogP contribution is 2.24. The lowest BCUT2D eigenvalue weighted by atomic mass is 10.0. The Morgan fingerprint density at radius 3 is 3.04 bits per heavy atom. The molecule has 1 aliphatic rings. The third-order valence-electron chi connectivity index (χ3n) is 4.36. The highest BCUT2D eigenvalue weighted by molar-refractivity contribution is 5.93. The maximum Gasteiger partial charge on any atom is 0.199 e. The van der Waals surface area contributed by atoms with Gasteiger partial charge in [0.25, 0.3) is 0 Å². The number of morpholine rings is 1. The minimum atomic E-state index is -0.0303. The van der Waals surface area contributed by atoms with E-state index in [4.69, 9.17) is 19.2 Å². The Bertz CT molecular complexity index is 764. The van der Waals surface area contributed by atoms with Crippen molar-refractivity contribution in [3.63, 3.8) is 0 Å². The van der Waals surface area contributed by atoms with E-state index in [2.05, 4.69) is 11.0 Å². The fourth-order valence-corrected chi connectivity index (χ4v) is 3.00. The van der Waals surface area contributed by atoms with Crippen LogP contribution in [-0.2, 0) is 11.3 Å². The summed E-state index contributed by atoms with van der Waals surface area (Å²) in [6.45, 7) is 2.50. The number of benzene rings is 1. The predicted molar refractivity (Wildman–Crippen MR) is 90.4 cm³/mol. The molecule has 0 saturated carbocycles. The number of methoxy groups -OCH3 is 1. The van der Waals surface area contributed by atoms with Crippen molar-refractivity contribution < 1.29 is 18.7 Å². The van der Waals surface area contributed by atoms with Crippen LogP contribution in [0.2, 0.25) is 0 Å². The van der Waals surface area contributed by atoms with Gasteiger partial charge in [-0.05, 0) is 24.3 Å². The lowest BCUT2D eigenvalue weighted by molar-refractivity contribution is -0.0130. The second-order valence-electron chi connectivity index (χ2n) is 5.94. The molecule has 2 aromatic rings. The minimum absolute atomic E-state index is 0.0216. The van der Waals surface area contributed by atoms with Crippen molar-refractivity contribution in [2.24, 2.45) is 0 Å². The van der Waals surface area contributed by atoms with Crippen molar-refractivity contribution >= 4 is 5.78 Å². The largest absolute Gasteiger partial charge is 0.496 e. The quantitative estimate of drug-likeness (QED) is 0.753. The molecule has 1 fully saturated rings. The van der Waals surface area contributed by atoms with Crippen LogP contribution in [0.5, 0.6) is 5.75 Å². The van der Waals surface area contributed by atoms with Gasteiger partial charge in [0.05, 0.1) is 38.2 Å². The summed E-state index contributed by atoms with van der Waals surface area (Å²) < 4.78 is 16.2. The zero-order valence-electron chi connectivity index (χ0n) is 14.1. The molecule has 0 radical (unpaired) electrons. The molecule has 2 heterocycles. The number of carbonyl (C=O) groups excluding carboxylic acids is 1. The molecule has 25 heavy (non-hydrogen) atoms. The third kappa shape index (κ3) is 4.08. The van der Waals surface area contributed by atoms with Crippen molar-refractivity contribution in [2.45, 2.75) is 19.0 Å². The van der Waals surface area contributed by atoms with Gasteiger partial charge in [-0.1, -0.05) is 6.07 Å². The first-order chi connectivity index (χ1) is 12.2. The predicted octanol–water partition coefficient (Wildman–Crippen LogP) is 2.63. The van der Waals surface area contributed by atoms with Gasteiger partial charge in [0, 0.05) is 31.1 Å². The van der Waals surface area contributed by atoms with Gasteiger partial charge in [0.2, 0.25) is 0 Å². The number of nitriles is 1. The van der Waals surface area contributed by atoms with Gasteiger partial charge >= 0.3 is 0 Å². The van der Waals surface area contributed by atoms with E-state index < -0.39 is 0 Å². The molecular weight excluding hydrogens is 320 g/mol. The minimum Gasteiger partial charge on any atom is -0.496 e. The Hall–Kier alpha value is -2.62. The fourth-order valence-electron chi connectivity index (χ4n) is 3.00. The number of hydrogen-bond acceptors (Lipinski definition) is 6. The molecule has 0 N–H and O–H groups in total. The van der Waals surface area contributed by atoms with Crippen LogP contribution in [0.25, 0.3) is 0 Å². The van der Waals surface area contributed by atoms with E-state index in [9.17, 15) is 4.79 Å². The number of rotatable bonds is 6. The van der Waals surface area contributed by atoms with Crippen LogP contribution in [0.1, 0.15) is 28.1 Å². The summed E-state index contributed by atoms with van der Waals surface area (Å²) in [5.74, 6) is 1.03. The SMILES string of the molecule is COc1cc(C#N)ccc1CN1CCOC[C@@H]1CC(=O)c1ccco1. The van der Waals surface area contributed by atoms with Gasteiger partial charge in [-0.2, -0.15) is 5.26 Å². The monoisotopic (exact) mass is 340 g/mol. The van der Waals surface area contributed by atoms with Crippen LogP contribution in [0.3, 0.4) is 0 Å². The van der Waals surface area contributed by atoms with Crippen LogP contribution in [0.15, 0.2) is 41.0 Å². The molecule has 3 rings (SSSR count). The molecule has 6 heteroatoms. The lowest BCUT2D eigenvalue weighted by Crippen LogP contribution is -2.45. The number of carbonyl (C=O) groups is 1. The number of hydrogen-bond donors (Lipinski definition) is 0. The van der Waals surface area contributed by atoms with E-state index in [0.717, 1.165) is 12.1 Å². The molecule has 0 unspecified atom stereocenters. The fraction of sp³-hybridized carbons (Fsp3) is 0.368. The molecule has 0 spiro atoms. The van der Waals surface area contributed by atoms with Gasteiger partial charge in [-0.25, -0.2) is 0 Å². The van der Waals surface area contributed by atoms with Crippen molar-refractivity contribution in [2.75, 3.05) is 26.9 Å². The van der Waals surface area contributed by atoms with Gasteiger partial charge in [-0.15, -0.1) is 0 Å². The number of ketones is 1. The number of Topliss-reactive ketones (excluding diaryl/α,β-unsaturated/α-hetero) is 1. The maximum atomic E-state index is 12.3. The van der Waals surface area contributed by atoms with E-state index in [1.807, 2.05) is 6.07 Å². The number of nitrogens with zero attached hydrogens (tertiary/aromatic N) is 2. The van der Waals surface area contributed by atoms with Crippen LogP contribution in [0, 0.1) is 11.3 Å². The maximum absolute atomic E-state index is 12.3. The van der Waals surface area contributed by atoms with E-state index in [-0.39, 0.29) is 11.8 Å². The van der Waals surface area contributed by atoms with Crippen LogP contribution >= 0.6 is 0 Å². The summed E-state index contributed by atoms with van der Waals surface area (Å²) in [6.07, 6.45) is 1.84. The summed E-state index contributed by atoms with van der Waals surface area (Å²) >= 11 is 0. The summed E-state index contributed by atoms with van der Waals surface area (Å²) in [7, 11) is 1.59. The Balaban J connectivity index is 1.73. The van der Waals surface area contributed by atoms with E-state index in [1.165, 1.54) is 6.26 Å². The van der Waals surface area contributed by atoms with Crippen LogP contribution < -0.4 is 4.74 Å². The van der Waals surface area contributed by atoms with Gasteiger partial charge < -0.3 is 13.9 Å². The van der Waals surface area contributed by atoms with Crippen molar-refractivity contribution in [3.8, 4) is 11.8 Å². The average molecular weight is 340 g/mol. The molecule has 1 aromatic heterocycles. The highest BCUT2D eigenvalue weighted by Gasteiger charge is 2.27. The first-order valence-electron chi connectivity index (χ1n) is 8.16. The van der Waals surface area contributed by atoms with Crippen molar-refractivity contribution in [1.29, 1.82) is 5.26 Å². The first-order valence-corrected chi connectivity index (χ1v) is 8.16. The van der Waals surface area contributed by atoms with Crippen LogP contribution in [-0.4, -0.2) is 43.6 Å². The normalized spacial score (nSPS) is 17.8. The molecule has 1 aliphatic heterocycles. The number of ether oxygens (including phenoxy) is 2. The van der Waals surface area contributed by atoms with Gasteiger partial charge in [-0.3, -0.25) is 9.69 Å². The van der Waals surface area contributed by atoms with Crippen LogP contribution in [0.4, 0.5) is 0 Å². The molecule has 0 aliphatic carbocycles. The standard InChI is InChI=1S/C19H20N2O4/c1-23-19-9-14(11-20)4-5-15(19)12-21-6-8-24-13-16(21)10-17(22)18-3-2-7-25-18/h2-5,7,9,16H,6,8,10,12-13H2,1H3/t16-/m0/s1. The summed E-state index contributed by atoms with van der Waals surface area (Å²) in [5.41, 5.74) is 1.55. The Morgan fingerprint density at radius 2 is 2.32 bits per heavy atom. The van der Waals surface area contributed by atoms with Crippen molar-refractivity contribution in [3.05, 3.63) is 53.5 Å². The average Bonchev–Trinajstić information content (AvgIpc) is 3.18. The third-order valence-corrected chi connectivity index (χ3v) is 4.36. The molecule has 6 nitrogen and oxygen atoms in total. The molecule has 0 bridgehead atoms. The molecule has 1 atom stereocenters. The van der Waals surface area contributed by atoms with Gasteiger partial charge in [0.15, 0.2) is 11.5 Å². The van der Waals surface area contributed by atoms with Gasteiger partial charge in [0.1, 0.15) is 5.75 Å². The summed E-state index contributed by atoms with van der Waals surface area (Å²) in [6, 6.07) is 10.9. The zero-order valence-corrected chi connectivity index (χ0v) is 14.1. The smallest absolute Gasteiger partial charge is 0.199 e. The highest BCUT2D eigenvalue weighted by atomic mass is 16.5. The van der Waals surface area contributed by atoms with E-state index >= 15 is 0 Å².